The van der Waals surface area contributed by atoms with Crippen LogP contribution in [0, 0.1) is 6.92 Å². The van der Waals surface area contributed by atoms with Crippen molar-refractivity contribution in [1.82, 2.24) is 5.32 Å². The maximum Gasteiger partial charge on any atom is 0.220 e. The summed E-state index contributed by atoms with van der Waals surface area (Å²) in [4.78, 5) is 13.2. The van der Waals surface area contributed by atoms with Crippen molar-refractivity contribution in [2.75, 3.05) is 4.31 Å². The Morgan fingerprint density at radius 2 is 1.33 bits per heavy atom. The minimum absolute atomic E-state index is 0.144. The number of benzene rings is 4. The largest absolute Gasteiger partial charge is 0.755 e. The Morgan fingerprint density at radius 1 is 0.806 bits per heavy atom. The van der Waals surface area contributed by atoms with E-state index in [1.54, 1.807) is 12.1 Å². The van der Waals surface area contributed by atoms with Crippen LogP contribution in [0.5, 0.6) is 0 Å². The second kappa shape index (κ2) is 12.3. The average Bonchev–Trinajstić information content (AvgIpc) is 2.91. The Bertz CT molecular complexity index is 1270. The Kier molecular flexibility index (Phi) is 8.66. The van der Waals surface area contributed by atoms with E-state index in [1.165, 1.54) is 4.31 Å². The molecule has 3 atom stereocenters. The number of carbonyl (C=O) groups excluding carboxylic acids is 1. The molecule has 0 aliphatic rings. The first-order valence-corrected chi connectivity index (χ1v) is 12.9. The van der Waals surface area contributed by atoms with E-state index in [9.17, 15) is 13.6 Å². The molecule has 0 bridgehead atoms. The molecule has 0 aromatic heterocycles. The van der Waals surface area contributed by atoms with Crippen molar-refractivity contribution in [1.29, 1.82) is 0 Å². The van der Waals surface area contributed by atoms with Crippen LogP contribution in [0.3, 0.4) is 0 Å². The van der Waals surface area contributed by atoms with Crippen LogP contribution in [0.15, 0.2) is 115 Å². The molecule has 0 spiro atoms. The van der Waals surface area contributed by atoms with Gasteiger partial charge in [-0.15, -0.1) is 0 Å². The topological polar surface area (TPSA) is 72.5 Å². The molecule has 4 rings (SSSR count). The highest BCUT2D eigenvalue weighted by Gasteiger charge is 2.33. The van der Waals surface area contributed by atoms with Gasteiger partial charge in [-0.25, -0.2) is 0 Å². The smallest absolute Gasteiger partial charge is 0.220 e. The fourth-order valence-electron chi connectivity index (χ4n) is 4.30. The van der Waals surface area contributed by atoms with Crippen LogP contribution in [0.2, 0.25) is 0 Å². The number of aryl methyl sites for hydroxylation is 2. The molecule has 1 amide bonds. The van der Waals surface area contributed by atoms with Crippen LogP contribution in [0.25, 0.3) is 0 Å². The van der Waals surface area contributed by atoms with Gasteiger partial charge >= 0.3 is 0 Å². The molecule has 4 aromatic rings. The predicted octanol–water partition coefficient (Wildman–Crippen LogP) is 5.83. The predicted molar refractivity (Wildman–Crippen MR) is 144 cm³/mol. The van der Waals surface area contributed by atoms with Crippen LogP contribution in [-0.4, -0.2) is 14.7 Å². The molecule has 0 aliphatic heterocycles. The molecule has 0 saturated carbocycles. The van der Waals surface area contributed by atoms with Crippen molar-refractivity contribution in [2.24, 2.45) is 0 Å². The van der Waals surface area contributed by atoms with Crippen molar-refractivity contribution in [3.8, 4) is 0 Å². The van der Waals surface area contributed by atoms with Crippen LogP contribution in [-0.2, 0) is 22.5 Å². The fourth-order valence-corrected chi connectivity index (χ4v) is 5.02. The normalized spacial score (nSPS) is 13.4. The lowest BCUT2D eigenvalue weighted by Gasteiger charge is -2.40. The third kappa shape index (κ3) is 6.47. The highest BCUT2D eigenvalue weighted by molar-refractivity contribution is 7.80. The van der Waals surface area contributed by atoms with E-state index in [4.69, 9.17) is 0 Å². The molecule has 0 fully saturated rings. The minimum atomic E-state index is -2.60. The van der Waals surface area contributed by atoms with Gasteiger partial charge in [0.1, 0.15) is 0 Å². The van der Waals surface area contributed by atoms with Gasteiger partial charge in [0.15, 0.2) is 0 Å². The van der Waals surface area contributed by atoms with Crippen LogP contribution in [0.4, 0.5) is 5.69 Å². The number of hydrogen-bond donors (Lipinski definition) is 1. The Morgan fingerprint density at radius 3 is 1.89 bits per heavy atom. The molecule has 1 N–H and O–H groups in total. The first-order valence-electron chi connectivity index (χ1n) is 11.9. The molecule has 0 heterocycles. The number of amides is 1. The second-order valence-electron chi connectivity index (χ2n) is 8.68. The van der Waals surface area contributed by atoms with Gasteiger partial charge in [0.25, 0.3) is 0 Å². The first kappa shape index (κ1) is 25.4. The van der Waals surface area contributed by atoms with Gasteiger partial charge in [0.2, 0.25) is 5.91 Å². The first-order chi connectivity index (χ1) is 17.5. The standard InChI is InChI=1S/C30H30N2O3S/c1-23-17-20-27(21-18-23)32(36(34)35)30(26-15-9-4-10-16-26)29(25-13-7-3-8-14-25)31-28(33)22-19-24-11-5-2-6-12-24/h2-18,20-21,29-30H,19,22H2,1H3,(H,31,33)(H,34,35)/p-1. The minimum Gasteiger partial charge on any atom is -0.755 e. The van der Waals surface area contributed by atoms with E-state index < -0.39 is 23.4 Å². The molecular formula is C30H29N2O3S-. The number of nitrogens with one attached hydrogen (secondary N) is 1. The fraction of sp³-hybridized carbons (Fsp3) is 0.167. The highest BCUT2D eigenvalue weighted by atomic mass is 32.2. The summed E-state index contributed by atoms with van der Waals surface area (Å²) in [5, 5.41) is 3.16. The van der Waals surface area contributed by atoms with Gasteiger partial charge in [-0.1, -0.05) is 109 Å². The maximum atomic E-state index is 13.2. The quantitative estimate of drug-likeness (QED) is 0.280. The van der Waals surface area contributed by atoms with Crippen molar-refractivity contribution in [3.05, 3.63) is 138 Å². The molecule has 0 radical (unpaired) electrons. The number of anilines is 1. The molecule has 3 unspecified atom stereocenters. The Balaban J connectivity index is 1.74. The van der Waals surface area contributed by atoms with E-state index in [2.05, 4.69) is 5.32 Å². The highest BCUT2D eigenvalue weighted by Crippen LogP contribution is 2.38. The van der Waals surface area contributed by atoms with Crippen LogP contribution < -0.4 is 9.62 Å². The molecule has 6 heteroatoms. The van der Waals surface area contributed by atoms with Gasteiger partial charge < -0.3 is 9.87 Å². The van der Waals surface area contributed by atoms with Gasteiger partial charge in [0.05, 0.1) is 12.1 Å². The molecule has 0 saturated heterocycles. The molecule has 0 aliphatic carbocycles. The molecular weight excluding hydrogens is 468 g/mol. The summed E-state index contributed by atoms with van der Waals surface area (Å²) in [6.07, 6.45) is 0.888. The summed E-state index contributed by atoms with van der Waals surface area (Å²) in [6, 6.07) is 34.8. The Hall–Kier alpha value is -3.74. The summed E-state index contributed by atoms with van der Waals surface area (Å²) < 4.78 is 26.8. The second-order valence-corrected chi connectivity index (χ2v) is 9.50. The van der Waals surface area contributed by atoms with E-state index in [0.717, 1.165) is 22.3 Å². The lowest BCUT2D eigenvalue weighted by Crippen LogP contribution is -2.42. The number of rotatable bonds is 10. The summed E-state index contributed by atoms with van der Waals surface area (Å²) >= 11 is -2.60. The zero-order valence-corrected chi connectivity index (χ0v) is 20.9. The summed E-state index contributed by atoms with van der Waals surface area (Å²) in [5.41, 5.74) is 4.23. The zero-order valence-electron chi connectivity index (χ0n) is 20.1. The third-order valence-corrected chi connectivity index (χ3v) is 6.88. The molecule has 36 heavy (non-hydrogen) atoms. The summed E-state index contributed by atoms with van der Waals surface area (Å²) in [6.45, 7) is 1.96. The van der Waals surface area contributed by atoms with Gasteiger partial charge in [-0.3, -0.25) is 13.3 Å². The summed E-state index contributed by atoms with van der Waals surface area (Å²) in [5.74, 6) is -0.144. The monoisotopic (exact) mass is 497 g/mol. The molecule has 4 aromatic carbocycles. The number of nitrogens with zero attached hydrogens (tertiary/aromatic N) is 1. The molecule has 5 nitrogen and oxygen atoms in total. The van der Waals surface area contributed by atoms with E-state index in [-0.39, 0.29) is 5.91 Å². The molecule has 184 valence electrons. The van der Waals surface area contributed by atoms with Crippen molar-refractivity contribution < 1.29 is 13.6 Å². The van der Waals surface area contributed by atoms with Crippen molar-refractivity contribution in [2.45, 2.75) is 31.8 Å². The van der Waals surface area contributed by atoms with Crippen LogP contribution in [0.1, 0.15) is 40.8 Å². The van der Waals surface area contributed by atoms with Crippen molar-refractivity contribution in [3.63, 3.8) is 0 Å². The van der Waals surface area contributed by atoms with Gasteiger partial charge in [-0.05, 0) is 42.2 Å². The lowest BCUT2D eigenvalue weighted by molar-refractivity contribution is -0.122. The third-order valence-electron chi connectivity index (χ3n) is 6.12. The summed E-state index contributed by atoms with van der Waals surface area (Å²) in [7, 11) is 0. The number of hydrogen-bond acceptors (Lipinski definition) is 3. The SMILES string of the molecule is Cc1ccc(N(C(c2ccccc2)C(NC(=O)CCc2ccccc2)c2ccccc2)S(=O)[O-])cc1. The van der Waals surface area contributed by atoms with E-state index >= 15 is 0 Å². The zero-order chi connectivity index (χ0) is 25.3. The van der Waals surface area contributed by atoms with Crippen LogP contribution >= 0.6 is 0 Å². The van der Waals surface area contributed by atoms with Gasteiger partial charge in [-0.2, -0.15) is 0 Å². The van der Waals surface area contributed by atoms with E-state index in [1.807, 2.05) is 110 Å². The van der Waals surface area contributed by atoms with Crippen molar-refractivity contribution >= 4 is 22.9 Å². The van der Waals surface area contributed by atoms with E-state index in [0.29, 0.717) is 18.5 Å². The lowest BCUT2D eigenvalue weighted by atomic mass is 9.92. The maximum absolute atomic E-state index is 13.2. The van der Waals surface area contributed by atoms with Gasteiger partial charge in [0, 0.05) is 23.4 Å². The average molecular weight is 498 g/mol. The number of carbonyl (C=O) groups is 1. The Labute approximate surface area is 215 Å².